The fourth-order valence-electron chi connectivity index (χ4n) is 4.28. The fourth-order valence-corrected chi connectivity index (χ4v) is 4.28. The van der Waals surface area contributed by atoms with Gasteiger partial charge in [0.25, 0.3) is 5.91 Å². The summed E-state index contributed by atoms with van der Waals surface area (Å²) in [7, 11) is 0. The van der Waals surface area contributed by atoms with Crippen molar-refractivity contribution in [3.63, 3.8) is 0 Å². The average Bonchev–Trinajstić information content (AvgIpc) is 2.74. The Balaban J connectivity index is 1.41. The second-order valence-corrected chi connectivity index (χ2v) is 9.34. The van der Waals surface area contributed by atoms with Gasteiger partial charge in [0, 0.05) is 31.5 Å². The number of rotatable bonds is 4. The predicted octanol–water partition coefficient (Wildman–Crippen LogP) is 4.98. The Kier molecular flexibility index (Phi) is 5.78. The van der Waals surface area contributed by atoms with Gasteiger partial charge in [0.15, 0.2) is 5.78 Å². The largest absolute Gasteiger partial charge is 0.493 e. The highest BCUT2D eigenvalue weighted by atomic mass is 16.5. The van der Waals surface area contributed by atoms with E-state index in [-0.39, 0.29) is 11.7 Å². The molecule has 0 unspecified atom stereocenters. The van der Waals surface area contributed by atoms with Crippen LogP contribution >= 0.6 is 0 Å². The molecule has 0 saturated carbocycles. The lowest BCUT2D eigenvalue weighted by Crippen LogP contribution is -2.52. The normalized spacial score (nSPS) is 17.5. The van der Waals surface area contributed by atoms with Crippen LogP contribution in [-0.4, -0.2) is 41.9 Å². The number of ether oxygens (including phenoxy) is 2. The smallest absolute Gasteiger partial charge is 0.253 e. The third-order valence-corrected chi connectivity index (χ3v) is 6.35. The van der Waals surface area contributed by atoms with Gasteiger partial charge in [0.05, 0.1) is 18.6 Å². The second-order valence-electron chi connectivity index (χ2n) is 9.34. The maximum absolute atomic E-state index is 13.0. The predicted molar refractivity (Wildman–Crippen MR) is 120 cm³/mol. The van der Waals surface area contributed by atoms with Gasteiger partial charge >= 0.3 is 0 Å². The Morgan fingerprint density at radius 1 is 1.10 bits per heavy atom. The van der Waals surface area contributed by atoms with Crippen molar-refractivity contribution in [3.05, 3.63) is 58.7 Å². The first-order chi connectivity index (χ1) is 14.8. The molecule has 0 bridgehead atoms. The SMILES string of the molecule is Cc1cc2c(cc1C)C(=O)CC1(CCN(C(=O)c3ccc(OCC(C)C)cc3)CC1)O2. The van der Waals surface area contributed by atoms with E-state index in [0.29, 0.717) is 61.8 Å². The zero-order valence-electron chi connectivity index (χ0n) is 18.9. The molecule has 0 aliphatic carbocycles. The van der Waals surface area contributed by atoms with Crippen LogP contribution in [0.25, 0.3) is 0 Å². The van der Waals surface area contributed by atoms with Crippen LogP contribution < -0.4 is 9.47 Å². The maximum atomic E-state index is 13.0. The van der Waals surface area contributed by atoms with Crippen LogP contribution in [0.1, 0.15) is 65.0 Å². The number of benzene rings is 2. The molecule has 2 aromatic carbocycles. The quantitative estimate of drug-likeness (QED) is 0.699. The van der Waals surface area contributed by atoms with Crippen LogP contribution in [0.3, 0.4) is 0 Å². The van der Waals surface area contributed by atoms with E-state index >= 15 is 0 Å². The Labute approximate surface area is 184 Å². The highest BCUT2D eigenvalue weighted by Gasteiger charge is 2.43. The van der Waals surface area contributed by atoms with Crippen LogP contribution in [0.2, 0.25) is 0 Å². The molecule has 4 rings (SSSR count). The molecule has 1 saturated heterocycles. The van der Waals surface area contributed by atoms with Gasteiger partial charge in [0.2, 0.25) is 0 Å². The van der Waals surface area contributed by atoms with E-state index in [1.54, 1.807) is 0 Å². The summed E-state index contributed by atoms with van der Waals surface area (Å²) in [4.78, 5) is 27.6. The number of likely N-dealkylation sites (tertiary alicyclic amines) is 1. The Morgan fingerprint density at radius 3 is 2.39 bits per heavy atom. The van der Waals surface area contributed by atoms with E-state index in [0.717, 1.165) is 16.9 Å². The molecule has 5 heteroatoms. The zero-order valence-corrected chi connectivity index (χ0v) is 18.9. The van der Waals surface area contributed by atoms with Crippen molar-refractivity contribution in [3.8, 4) is 11.5 Å². The number of amides is 1. The molecule has 1 spiro atoms. The Hall–Kier alpha value is -2.82. The highest BCUT2D eigenvalue weighted by molar-refractivity contribution is 6.00. The number of piperidine rings is 1. The molecule has 1 amide bonds. The summed E-state index contributed by atoms with van der Waals surface area (Å²) in [5, 5.41) is 0. The molecule has 0 radical (unpaired) electrons. The molecule has 31 heavy (non-hydrogen) atoms. The molecule has 0 N–H and O–H groups in total. The minimum atomic E-state index is -0.503. The molecule has 2 aliphatic heterocycles. The molecule has 0 atom stereocenters. The van der Waals surface area contributed by atoms with Gasteiger partial charge < -0.3 is 14.4 Å². The summed E-state index contributed by atoms with van der Waals surface area (Å²) in [5.74, 6) is 2.08. The standard InChI is InChI=1S/C26H31NO4/c1-17(2)16-30-21-7-5-20(6-8-21)25(29)27-11-9-26(10-12-27)15-23(28)22-13-18(3)19(4)14-24(22)31-26/h5-8,13-14,17H,9-12,15-16H2,1-4H3. The number of carbonyl (C=O) groups excluding carboxylic acids is 2. The molecule has 2 heterocycles. The number of Topliss-reactive ketones (excluding diaryl/α,β-unsaturated/α-hetero) is 1. The van der Waals surface area contributed by atoms with Crippen LogP contribution in [0, 0.1) is 19.8 Å². The summed E-state index contributed by atoms with van der Waals surface area (Å²) < 4.78 is 12.1. The van der Waals surface area contributed by atoms with Crippen LogP contribution in [0.15, 0.2) is 36.4 Å². The van der Waals surface area contributed by atoms with Crippen molar-refractivity contribution < 1.29 is 19.1 Å². The van der Waals surface area contributed by atoms with Gasteiger partial charge in [-0.1, -0.05) is 13.8 Å². The molecule has 5 nitrogen and oxygen atoms in total. The van der Waals surface area contributed by atoms with Crippen molar-refractivity contribution in [2.75, 3.05) is 19.7 Å². The fraction of sp³-hybridized carbons (Fsp3) is 0.462. The average molecular weight is 422 g/mol. The summed E-state index contributed by atoms with van der Waals surface area (Å²) in [6, 6.07) is 11.3. The first kappa shape index (κ1) is 21.4. The lowest BCUT2D eigenvalue weighted by molar-refractivity contribution is -0.00575. The third-order valence-electron chi connectivity index (χ3n) is 6.35. The molecule has 1 fully saturated rings. The van der Waals surface area contributed by atoms with Crippen molar-refractivity contribution in [1.29, 1.82) is 0 Å². The number of carbonyl (C=O) groups is 2. The van der Waals surface area contributed by atoms with Gasteiger partial charge in [-0.25, -0.2) is 0 Å². The van der Waals surface area contributed by atoms with Gasteiger partial charge in [-0.15, -0.1) is 0 Å². The molecule has 2 aliphatic rings. The summed E-state index contributed by atoms with van der Waals surface area (Å²) in [6.45, 7) is 10.1. The van der Waals surface area contributed by atoms with Crippen molar-refractivity contribution in [2.24, 2.45) is 5.92 Å². The van der Waals surface area contributed by atoms with Gasteiger partial charge in [0.1, 0.15) is 17.1 Å². The summed E-state index contributed by atoms with van der Waals surface area (Å²) >= 11 is 0. The van der Waals surface area contributed by atoms with E-state index in [9.17, 15) is 9.59 Å². The van der Waals surface area contributed by atoms with Gasteiger partial charge in [-0.2, -0.15) is 0 Å². The van der Waals surface area contributed by atoms with Crippen LogP contribution in [-0.2, 0) is 0 Å². The van der Waals surface area contributed by atoms with E-state index < -0.39 is 5.60 Å². The van der Waals surface area contributed by atoms with E-state index in [1.165, 1.54) is 0 Å². The first-order valence-corrected chi connectivity index (χ1v) is 11.1. The molecular formula is C26H31NO4. The molecule has 0 aromatic heterocycles. The van der Waals surface area contributed by atoms with Gasteiger partial charge in [-0.05, 0) is 67.3 Å². The van der Waals surface area contributed by atoms with E-state index in [4.69, 9.17) is 9.47 Å². The Morgan fingerprint density at radius 2 is 1.74 bits per heavy atom. The first-order valence-electron chi connectivity index (χ1n) is 11.1. The highest BCUT2D eigenvalue weighted by Crippen LogP contribution is 2.40. The van der Waals surface area contributed by atoms with E-state index in [1.807, 2.05) is 55.1 Å². The number of aryl methyl sites for hydroxylation is 2. The van der Waals surface area contributed by atoms with Crippen molar-refractivity contribution in [2.45, 2.75) is 52.6 Å². The number of hydrogen-bond acceptors (Lipinski definition) is 4. The van der Waals surface area contributed by atoms with Crippen LogP contribution in [0.5, 0.6) is 11.5 Å². The van der Waals surface area contributed by atoms with Crippen molar-refractivity contribution in [1.82, 2.24) is 4.90 Å². The second kappa shape index (κ2) is 8.37. The van der Waals surface area contributed by atoms with Crippen LogP contribution in [0.4, 0.5) is 0 Å². The lowest BCUT2D eigenvalue weighted by atomic mass is 9.81. The Bertz CT molecular complexity index is 985. The molecule has 164 valence electrons. The summed E-state index contributed by atoms with van der Waals surface area (Å²) in [6.07, 6.45) is 1.70. The van der Waals surface area contributed by atoms with E-state index in [2.05, 4.69) is 13.8 Å². The zero-order chi connectivity index (χ0) is 22.2. The number of fused-ring (bicyclic) bond motifs is 1. The lowest BCUT2D eigenvalue weighted by Gasteiger charge is -2.44. The summed E-state index contributed by atoms with van der Waals surface area (Å²) in [5.41, 5.74) is 3.07. The number of ketones is 1. The minimum Gasteiger partial charge on any atom is -0.493 e. The maximum Gasteiger partial charge on any atom is 0.253 e. The molecule has 2 aromatic rings. The third kappa shape index (κ3) is 4.46. The molecular weight excluding hydrogens is 390 g/mol. The van der Waals surface area contributed by atoms with Gasteiger partial charge in [-0.3, -0.25) is 9.59 Å². The number of nitrogens with zero attached hydrogens (tertiary/aromatic N) is 1. The minimum absolute atomic E-state index is 0.0132. The number of hydrogen-bond donors (Lipinski definition) is 0. The topological polar surface area (TPSA) is 55.8 Å². The monoisotopic (exact) mass is 421 g/mol. The van der Waals surface area contributed by atoms with Crippen molar-refractivity contribution >= 4 is 11.7 Å².